The minimum absolute atomic E-state index is 0.0106. The highest BCUT2D eigenvalue weighted by atomic mass is 32.2. The maximum atomic E-state index is 12.9. The predicted molar refractivity (Wildman–Crippen MR) is 130 cm³/mol. The van der Waals surface area contributed by atoms with Gasteiger partial charge in [-0.1, -0.05) is 60.7 Å². The zero-order chi connectivity index (χ0) is 24.0. The van der Waals surface area contributed by atoms with Crippen molar-refractivity contribution in [2.75, 3.05) is 19.7 Å². The molecule has 1 aliphatic heterocycles. The van der Waals surface area contributed by atoms with Crippen LogP contribution >= 0.6 is 11.3 Å². The van der Waals surface area contributed by atoms with Crippen LogP contribution in [-0.2, 0) is 26.0 Å². The fourth-order valence-electron chi connectivity index (χ4n) is 3.94. The number of carbonyl (C=O) groups is 2. The van der Waals surface area contributed by atoms with E-state index in [0.717, 1.165) is 35.3 Å². The summed E-state index contributed by atoms with van der Waals surface area (Å²) in [6, 6.07) is 20.5. The van der Waals surface area contributed by atoms with Crippen molar-refractivity contribution >= 4 is 33.2 Å². The Morgan fingerprint density at radius 1 is 0.971 bits per heavy atom. The van der Waals surface area contributed by atoms with Gasteiger partial charge in [-0.3, -0.25) is 4.79 Å². The summed E-state index contributed by atoms with van der Waals surface area (Å²) < 4.78 is 32.4. The number of amides is 1. The van der Waals surface area contributed by atoms with Crippen molar-refractivity contribution < 1.29 is 22.7 Å². The van der Waals surface area contributed by atoms with E-state index in [1.807, 2.05) is 60.7 Å². The number of carbonyl (C=O) groups excluding carboxylic acids is 2. The summed E-state index contributed by atoms with van der Waals surface area (Å²) in [4.78, 5) is 25.3. The van der Waals surface area contributed by atoms with Crippen LogP contribution in [0.15, 0.2) is 77.0 Å². The van der Waals surface area contributed by atoms with Crippen molar-refractivity contribution in [2.24, 2.45) is 0 Å². The van der Waals surface area contributed by atoms with Gasteiger partial charge in [-0.2, -0.15) is 4.31 Å². The summed E-state index contributed by atoms with van der Waals surface area (Å²) >= 11 is 0.995. The average molecular weight is 499 g/mol. The van der Waals surface area contributed by atoms with Crippen molar-refractivity contribution in [3.8, 4) is 0 Å². The van der Waals surface area contributed by atoms with E-state index >= 15 is 0 Å². The van der Waals surface area contributed by atoms with Crippen LogP contribution in [0.4, 0.5) is 0 Å². The molecule has 178 valence electrons. The van der Waals surface area contributed by atoms with Gasteiger partial charge in [-0.15, -0.1) is 11.3 Å². The first-order chi connectivity index (χ1) is 16.4. The molecular formula is C25H26N2O5S2. The number of nitrogens with one attached hydrogen (secondary N) is 1. The molecule has 1 aromatic heterocycles. The molecule has 4 rings (SSSR count). The normalized spacial score (nSPS) is 15.1. The first-order valence-corrected chi connectivity index (χ1v) is 13.4. The van der Waals surface area contributed by atoms with Gasteiger partial charge >= 0.3 is 5.97 Å². The first-order valence-electron chi connectivity index (χ1n) is 11.1. The van der Waals surface area contributed by atoms with Gasteiger partial charge in [-0.25, -0.2) is 13.2 Å². The van der Waals surface area contributed by atoms with Crippen molar-refractivity contribution in [1.82, 2.24) is 9.62 Å². The molecule has 0 radical (unpaired) electrons. The van der Waals surface area contributed by atoms with Gasteiger partial charge in [-0.05, 0) is 41.8 Å². The van der Waals surface area contributed by atoms with E-state index in [2.05, 4.69) is 5.32 Å². The monoisotopic (exact) mass is 498 g/mol. The van der Waals surface area contributed by atoms with Crippen molar-refractivity contribution in [3.63, 3.8) is 0 Å². The fraction of sp³-hybridized carbons (Fsp3) is 0.280. The Morgan fingerprint density at radius 2 is 1.62 bits per heavy atom. The molecule has 2 aromatic carbocycles. The van der Waals surface area contributed by atoms with E-state index in [1.165, 1.54) is 10.4 Å². The van der Waals surface area contributed by atoms with Crippen LogP contribution in [0.3, 0.4) is 0 Å². The standard InChI is InChI=1S/C25H26N2O5S2/c28-23(26-21(20-11-5-2-6-12-20)17-19-9-3-1-4-10-19)18-32-25(29)24-22(13-16-33-24)34(30,31)27-14-7-8-15-27/h1-6,9-13,16,21H,7-8,14-15,17-18H2,(H,26,28). The predicted octanol–water partition coefficient (Wildman–Crippen LogP) is 3.79. The Morgan fingerprint density at radius 3 is 2.29 bits per heavy atom. The zero-order valence-corrected chi connectivity index (χ0v) is 20.2. The molecule has 1 fully saturated rings. The van der Waals surface area contributed by atoms with Crippen LogP contribution in [0, 0.1) is 0 Å². The molecule has 34 heavy (non-hydrogen) atoms. The average Bonchev–Trinajstić information content (AvgIpc) is 3.57. The van der Waals surface area contributed by atoms with Gasteiger partial charge in [0.1, 0.15) is 9.77 Å². The summed E-state index contributed by atoms with van der Waals surface area (Å²) in [5.41, 5.74) is 1.99. The van der Waals surface area contributed by atoms with Gasteiger partial charge in [0.25, 0.3) is 5.91 Å². The number of ether oxygens (including phenoxy) is 1. The number of sulfonamides is 1. The lowest BCUT2D eigenvalue weighted by atomic mass is 9.99. The topological polar surface area (TPSA) is 92.8 Å². The van der Waals surface area contributed by atoms with Gasteiger partial charge in [0.2, 0.25) is 10.0 Å². The quantitative estimate of drug-likeness (QED) is 0.453. The lowest BCUT2D eigenvalue weighted by Crippen LogP contribution is -2.34. The number of thiophene rings is 1. The highest BCUT2D eigenvalue weighted by Crippen LogP contribution is 2.28. The van der Waals surface area contributed by atoms with Gasteiger partial charge in [0.15, 0.2) is 6.61 Å². The highest BCUT2D eigenvalue weighted by molar-refractivity contribution is 7.89. The maximum Gasteiger partial charge on any atom is 0.350 e. The van der Waals surface area contributed by atoms with Crippen LogP contribution in [0.5, 0.6) is 0 Å². The Hall–Kier alpha value is -3.01. The molecule has 0 bridgehead atoms. The Kier molecular flexibility index (Phi) is 7.77. The van der Waals surface area contributed by atoms with Crippen molar-refractivity contribution in [2.45, 2.75) is 30.2 Å². The van der Waals surface area contributed by atoms with E-state index < -0.39 is 28.5 Å². The summed E-state index contributed by atoms with van der Waals surface area (Å²) in [6.45, 7) is 0.382. The third-order valence-electron chi connectivity index (χ3n) is 5.65. The summed E-state index contributed by atoms with van der Waals surface area (Å²) in [6.07, 6.45) is 2.18. The van der Waals surface area contributed by atoms with Crippen molar-refractivity contribution in [1.29, 1.82) is 0 Å². The van der Waals surface area contributed by atoms with Gasteiger partial charge in [0, 0.05) is 13.1 Å². The minimum atomic E-state index is -3.76. The van der Waals surface area contributed by atoms with Gasteiger partial charge < -0.3 is 10.1 Å². The molecule has 0 saturated carbocycles. The zero-order valence-electron chi connectivity index (χ0n) is 18.6. The third-order valence-corrected chi connectivity index (χ3v) is 8.62. The SMILES string of the molecule is O=C(COC(=O)c1sccc1S(=O)(=O)N1CCCC1)NC(Cc1ccccc1)c1ccccc1. The van der Waals surface area contributed by atoms with E-state index in [1.54, 1.807) is 5.38 Å². The molecule has 1 N–H and O–H groups in total. The van der Waals surface area contributed by atoms with E-state index in [-0.39, 0.29) is 15.8 Å². The highest BCUT2D eigenvalue weighted by Gasteiger charge is 2.32. The summed E-state index contributed by atoms with van der Waals surface area (Å²) in [5, 5.41) is 4.48. The number of nitrogens with zero attached hydrogens (tertiary/aromatic N) is 1. The molecule has 0 aliphatic carbocycles. The molecule has 1 aliphatic rings. The second-order valence-corrected chi connectivity index (χ2v) is 10.8. The third kappa shape index (κ3) is 5.72. The van der Waals surface area contributed by atoms with E-state index in [0.29, 0.717) is 19.5 Å². The lowest BCUT2D eigenvalue weighted by Gasteiger charge is -2.19. The molecule has 3 aromatic rings. The molecule has 1 atom stereocenters. The number of rotatable bonds is 9. The molecular weight excluding hydrogens is 472 g/mol. The van der Waals surface area contributed by atoms with Crippen LogP contribution < -0.4 is 5.32 Å². The number of hydrogen-bond donors (Lipinski definition) is 1. The van der Waals surface area contributed by atoms with Crippen molar-refractivity contribution in [3.05, 3.63) is 88.1 Å². The molecule has 9 heteroatoms. The largest absolute Gasteiger partial charge is 0.451 e. The van der Waals surface area contributed by atoms with Gasteiger partial charge in [0.05, 0.1) is 6.04 Å². The fourth-order valence-corrected chi connectivity index (χ4v) is 6.74. The molecule has 1 unspecified atom stereocenters. The minimum Gasteiger partial charge on any atom is -0.451 e. The van der Waals surface area contributed by atoms with Crippen LogP contribution in [0.2, 0.25) is 0 Å². The summed E-state index contributed by atoms with van der Waals surface area (Å²) in [5.74, 6) is -1.28. The smallest absolute Gasteiger partial charge is 0.350 e. The lowest BCUT2D eigenvalue weighted by molar-refractivity contribution is -0.125. The molecule has 7 nitrogen and oxygen atoms in total. The van der Waals surface area contributed by atoms with E-state index in [9.17, 15) is 18.0 Å². The number of esters is 1. The second-order valence-electron chi connectivity index (χ2n) is 8.02. The Balaban J connectivity index is 1.41. The maximum absolute atomic E-state index is 12.9. The van der Waals surface area contributed by atoms with Crippen LogP contribution in [0.1, 0.15) is 39.7 Å². The van der Waals surface area contributed by atoms with E-state index in [4.69, 9.17) is 4.74 Å². The number of benzene rings is 2. The van der Waals surface area contributed by atoms with Crippen LogP contribution in [-0.4, -0.2) is 44.3 Å². The first kappa shape index (κ1) is 24.1. The second kappa shape index (κ2) is 10.9. The number of hydrogen-bond acceptors (Lipinski definition) is 6. The summed E-state index contributed by atoms with van der Waals surface area (Å²) in [7, 11) is -3.76. The molecule has 2 heterocycles. The Bertz CT molecular complexity index is 1220. The van der Waals surface area contributed by atoms with Crippen LogP contribution in [0.25, 0.3) is 0 Å². The Labute approximate surface area is 203 Å². The molecule has 0 spiro atoms. The molecule has 1 amide bonds. The molecule has 1 saturated heterocycles.